The van der Waals surface area contributed by atoms with E-state index in [-0.39, 0.29) is 0 Å². The van der Waals surface area contributed by atoms with E-state index in [0.717, 1.165) is 26.9 Å². The van der Waals surface area contributed by atoms with Gasteiger partial charge in [0.25, 0.3) is 0 Å². The van der Waals surface area contributed by atoms with Crippen molar-refractivity contribution >= 4 is 34.0 Å². The van der Waals surface area contributed by atoms with Crippen molar-refractivity contribution in [3.05, 3.63) is 71.6 Å². The highest BCUT2D eigenvalue weighted by molar-refractivity contribution is 7.13. The zero-order chi connectivity index (χ0) is 18.9. The summed E-state index contributed by atoms with van der Waals surface area (Å²) in [5.74, 6) is 2.44. The summed E-state index contributed by atoms with van der Waals surface area (Å²) in [5.41, 5.74) is 3.05. The number of fused-ring (bicyclic) bond motifs is 1. The van der Waals surface area contributed by atoms with Gasteiger partial charge in [0.15, 0.2) is 17.5 Å². The molecule has 0 fully saturated rings. The number of thiophene rings is 1. The van der Waals surface area contributed by atoms with Crippen molar-refractivity contribution in [2.45, 2.75) is 6.92 Å². The Kier molecular flexibility index (Phi) is 4.06. The Labute approximate surface area is 165 Å². The number of H-pyrrole nitrogens is 1. The highest BCUT2D eigenvalue weighted by atomic mass is 32.1. The standard InChI is InChI=1S/C21H16N6S/c1-13-7-2-3-8-14(13)18-22-20(17-11-6-12-28-17)25-21(23-18)24-19-15-9-4-5-10-16(15)26-27-19/h2-12H,1H3,(H2,22,23,24,25,26,27). The molecule has 5 rings (SSSR count). The zero-order valence-electron chi connectivity index (χ0n) is 15.0. The van der Waals surface area contributed by atoms with E-state index in [1.165, 1.54) is 0 Å². The second-order valence-corrected chi connectivity index (χ2v) is 7.29. The molecule has 3 aromatic heterocycles. The first-order valence-corrected chi connectivity index (χ1v) is 9.72. The van der Waals surface area contributed by atoms with Crippen LogP contribution in [0.1, 0.15) is 5.56 Å². The van der Waals surface area contributed by atoms with Crippen molar-refractivity contribution in [3.63, 3.8) is 0 Å². The van der Waals surface area contributed by atoms with Crippen LogP contribution in [0.25, 0.3) is 33.0 Å². The smallest absolute Gasteiger partial charge is 0.232 e. The minimum Gasteiger partial charge on any atom is -0.307 e. The lowest BCUT2D eigenvalue weighted by atomic mass is 10.1. The van der Waals surface area contributed by atoms with E-state index < -0.39 is 0 Å². The molecule has 0 amide bonds. The van der Waals surface area contributed by atoms with Gasteiger partial charge in [0.1, 0.15) is 0 Å². The topological polar surface area (TPSA) is 79.4 Å². The molecule has 0 aliphatic carbocycles. The lowest BCUT2D eigenvalue weighted by Gasteiger charge is -2.09. The number of nitrogens with zero attached hydrogens (tertiary/aromatic N) is 4. The van der Waals surface area contributed by atoms with Gasteiger partial charge in [0.2, 0.25) is 5.95 Å². The fraction of sp³-hybridized carbons (Fsp3) is 0.0476. The summed E-state index contributed by atoms with van der Waals surface area (Å²) in [5, 5.41) is 13.7. The summed E-state index contributed by atoms with van der Waals surface area (Å²) in [6.45, 7) is 2.05. The SMILES string of the molecule is Cc1ccccc1-c1nc(Nc2n[nH]c3ccccc23)nc(-c2cccs2)n1. The third-order valence-corrected chi connectivity index (χ3v) is 5.33. The maximum Gasteiger partial charge on any atom is 0.232 e. The number of anilines is 2. The van der Waals surface area contributed by atoms with Gasteiger partial charge in [-0.3, -0.25) is 5.10 Å². The summed E-state index contributed by atoms with van der Waals surface area (Å²) in [6.07, 6.45) is 0. The van der Waals surface area contributed by atoms with E-state index in [2.05, 4.69) is 38.5 Å². The highest BCUT2D eigenvalue weighted by Crippen LogP contribution is 2.28. The van der Waals surface area contributed by atoms with Gasteiger partial charge in [-0.05, 0) is 36.1 Å². The van der Waals surface area contributed by atoms with Crippen molar-refractivity contribution < 1.29 is 0 Å². The summed E-state index contributed by atoms with van der Waals surface area (Å²) in [6, 6.07) is 20.0. The molecule has 2 aromatic carbocycles. The van der Waals surface area contributed by atoms with Gasteiger partial charge in [0, 0.05) is 10.9 Å². The molecule has 0 saturated heterocycles. The molecular weight excluding hydrogens is 368 g/mol. The number of aromatic nitrogens is 5. The molecular formula is C21H16N6S. The molecule has 3 heterocycles. The molecule has 0 spiro atoms. The Morgan fingerprint density at radius 1 is 0.857 bits per heavy atom. The fourth-order valence-electron chi connectivity index (χ4n) is 3.06. The van der Waals surface area contributed by atoms with Crippen molar-refractivity contribution in [1.29, 1.82) is 0 Å². The number of nitrogens with one attached hydrogen (secondary N) is 2. The van der Waals surface area contributed by atoms with Crippen molar-refractivity contribution in [2.24, 2.45) is 0 Å². The summed E-state index contributed by atoms with van der Waals surface area (Å²) < 4.78 is 0. The van der Waals surface area contributed by atoms with E-state index in [4.69, 9.17) is 4.98 Å². The average molecular weight is 384 g/mol. The molecule has 0 aliphatic rings. The molecule has 5 aromatic rings. The molecule has 0 atom stereocenters. The lowest BCUT2D eigenvalue weighted by molar-refractivity contribution is 1.05. The Bertz CT molecular complexity index is 1260. The number of hydrogen-bond donors (Lipinski definition) is 2. The second-order valence-electron chi connectivity index (χ2n) is 6.34. The van der Waals surface area contributed by atoms with E-state index in [1.54, 1.807) is 11.3 Å². The third kappa shape index (κ3) is 3.01. The second kappa shape index (κ2) is 6.86. The zero-order valence-corrected chi connectivity index (χ0v) is 15.9. The number of hydrogen-bond acceptors (Lipinski definition) is 6. The maximum absolute atomic E-state index is 4.72. The first-order valence-electron chi connectivity index (χ1n) is 8.84. The highest BCUT2D eigenvalue weighted by Gasteiger charge is 2.14. The Morgan fingerprint density at radius 3 is 2.54 bits per heavy atom. The number of benzene rings is 2. The number of aryl methyl sites for hydroxylation is 1. The minimum atomic E-state index is 0.467. The van der Waals surface area contributed by atoms with Crippen LogP contribution in [0, 0.1) is 6.92 Å². The molecule has 0 unspecified atom stereocenters. The van der Waals surface area contributed by atoms with Crippen LogP contribution in [-0.2, 0) is 0 Å². The molecule has 28 heavy (non-hydrogen) atoms. The quantitative estimate of drug-likeness (QED) is 0.445. The Hall–Kier alpha value is -3.58. The number of aromatic amines is 1. The number of para-hydroxylation sites is 1. The summed E-state index contributed by atoms with van der Waals surface area (Å²) in [4.78, 5) is 15.0. The van der Waals surface area contributed by atoms with Crippen LogP contribution in [0.4, 0.5) is 11.8 Å². The van der Waals surface area contributed by atoms with Crippen LogP contribution >= 0.6 is 11.3 Å². The maximum atomic E-state index is 4.72. The van der Waals surface area contributed by atoms with Crippen LogP contribution in [0.2, 0.25) is 0 Å². The van der Waals surface area contributed by atoms with Crippen LogP contribution in [0.5, 0.6) is 0 Å². The van der Waals surface area contributed by atoms with Gasteiger partial charge in [-0.25, -0.2) is 4.98 Å². The van der Waals surface area contributed by atoms with Gasteiger partial charge in [-0.15, -0.1) is 11.3 Å². The van der Waals surface area contributed by atoms with E-state index in [9.17, 15) is 0 Å². The first kappa shape index (κ1) is 16.6. The van der Waals surface area contributed by atoms with Gasteiger partial charge in [-0.1, -0.05) is 42.5 Å². The first-order chi connectivity index (χ1) is 13.8. The van der Waals surface area contributed by atoms with Gasteiger partial charge < -0.3 is 5.32 Å². The normalized spacial score (nSPS) is 11.0. The van der Waals surface area contributed by atoms with E-state index >= 15 is 0 Å². The summed E-state index contributed by atoms with van der Waals surface area (Å²) >= 11 is 1.60. The Balaban J connectivity index is 1.64. The van der Waals surface area contributed by atoms with E-state index in [1.807, 2.05) is 60.0 Å². The largest absolute Gasteiger partial charge is 0.307 e. The molecule has 6 nitrogen and oxygen atoms in total. The van der Waals surface area contributed by atoms with Gasteiger partial charge >= 0.3 is 0 Å². The van der Waals surface area contributed by atoms with E-state index in [0.29, 0.717) is 23.4 Å². The van der Waals surface area contributed by atoms with Crippen molar-refractivity contribution in [1.82, 2.24) is 25.1 Å². The Morgan fingerprint density at radius 2 is 1.68 bits per heavy atom. The van der Waals surface area contributed by atoms with Crippen molar-refractivity contribution in [2.75, 3.05) is 5.32 Å². The predicted octanol–water partition coefficient (Wildman–Crippen LogP) is 5.20. The molecule has 7 heteroatoms. The number of rotatable bonds is 4. The van der Waals surface area contributed by atoms with Crippen LogP contribution < -0.4 is 5.32 Å². The molecule has 0 bridgehead atoms. The molecule has 0 aliphatic heterocycles. The monoisotopic (exact) mass is 384 g/mol. The third-order valence-electron chi connectivity index (χ3n) is 4.46. The molecule has 136 valence electrons. The molecule has 0 saturated carbocycles. The van der Waals surface area contributed by atoms with Crippen LogP contribution in [-0.4, -0.2) is 25.1 Å². The summed E-state index contributed by atoms with van der Waals surface area (Å²) in [7, 11) is 0. The minimum absolute atomic E-state index is 0.467. The van der Waals surface area contributed by atoms with Crippen LogP contribution in [0.3, 0.4) is 0 Å². The lowest BCUT2D eigenvalue weighted by Crippen LogP contribution is -2.03. The van der Waals surface area contributed by atoms with Gasteiger partial charge in [-0.2, -0.15) is 15.1 Å². The molecule has 0 radical (unpaired) electrons. The van der Waals surface area contributed by atoms with Crippen LogP contribution in [0.15, 0.2) is 66.0 Å². The predicted molar refractivity (Wildman–Crippen MR) is 113 cm³/mol. The van der Waals surface area contributed by atoms with Crippen molar-refractivity contribution in [3.8, 4) is 22.1 Å². The fourth-order valence-corrected chi connectivity index (χ4v) is 3.71. The average Bonchev–Trinajstić information content (AvgIpc) is 3.39. The van der Waals surface area contributed by atoms with Gasteiger partial charge in [0.05, 0.1) is 10.4 Å². The molecule has 2 N–H and O–H groups in total.